The molecule has 0 saturated heterocycles. The Bertz CT molecular complexity index is 2580. The van der Waals surface area contributed by atoms with E-state index in [2.05, 4.69) is 47.9 Å². The third-order valence-corrected chi connectivity index (χ3v) is 14.0. The van der Waals surface area contributed by atoms with Gasteiger partial charge in [-0.25, -0.2) is 4.79 Å². The minimum Gasteiger partial charge on any atom is -0.508 e. The first-order valence-electron chi connectivity index (χ1n) is 27.2. The molecule has 0 aliphatic heterocycles. The predicted octanol–water partition coefficient (Wildman–Crippen LogP) is -5.04. The zero-order valence-electron chi connectivity index (χ0n) is 48.5. The highest BCUT2D eigenvalue weighted by atomic mass is 32.2. The van der Waals surface area contributed by atoms with Gasteiger partial charge in [0.1, 0.15) is 60.1 Å². The molecule has 0 aliphatic rings. The number of primary amides is 2. The van der Waals surface area contributed by atoms with Crippen molar-refractivity contribution in [2.75, 3.05) is 30.6 Å². The summed E-state index contributed by atoms with van der Waals surface area (Å²) in [4.78, 5) is 195. The number of hydrogen-bond donors (Lipinski definition) is 18. The number of nitrogens with one attached hydrogen (secondary N) is 9. The van der Waals surface area contributed by atoms with E-state index in [4.69, 9.17) is 22.9 Å². The number of aromatic hydroxyl groups is 1. The molecule has 0 fully saturated rings. The molecule has 0 bridgehead atoms. The summed E-state index contributed by atoms with van der Waals surface area (Å²) in [6.45, 7) is 3.10. The van der Waals surface area contributed by atoms with Gasteiger partial charge in [0.05, 0.1) is 25.3 Å². The molecule has 0 heterocycles. The Balaban J connectivity index is 3.58. The van der Waals surface area contributed by atoms with Crippen LogP contribution in [0, 0.1) is 5.92 Å². The summed E-state index contributed by atoms with van der Waals surface area (Å²) in [6.07, 6.45) is -2.05. The Kier molecular flexibility index (Phi) is 35.4. The standard InChI is InChI=1S/C52H81N13O20S2/c1-25(2)42(51(83)60-30(13-15-39(69)70)45(77)64-36(24-41(73)74)50(82)62-34(21-26-8-10-27(66)11-9-26)48(80)61-33(52(84)85)7-5-6-18-53)65-47(79)32(17-20-87-4)59-49(81)35(23-40(71)72)63-44(76)29(12-14-37(55)67)58-46(78)31(16-19-86-3)57-43(75)28(54)22-38(56)68/h8-11,25,28-36,42,66H,5-7,12-24,53-54H2,1-4H3,(H2,55,67)(H2,56,68)(H,57,75)(H,58,78)(H,59,81)(H,60,83)(H,61,80)(H,62,82)(H,63,76)(H,64,77)(H,65,79)(H,69,70)(H,71,72)(H,73,74)(H,84,85)/t28-,29-,30-,31-,32-,33-,34-,35-,36-,42-/m0/s1. The van der Waals surface area contributed by atoms with Crippen LogP contribution in [-0.4, -0.2) is 205 Å². The van der Waals surface area contributed by atoms with Gasteiger partial charge in [0.2, 0.25) is 65.0 Å². The van der Waals surface area contributed by atoms with Gasteiger partial charge >= 0.3 is 23.9 Å². The number of carbonyl (C=O) groups is 15. The van der Waals surface area contributed by atoms with Crippen molar-refractivity contribution in [3.05, 3.63) is 29.8 Å². The summed E-state index contributed by atoms with van der Waals surface area (Å²) in [7, 11) is 0. The van der Waals surface area contributed by atoms with Gasteiger partial charge in [-0.3, -0.25) is 67.1 Å². The summed E-state index contributed by atoms with van der Waals surface area (Å²) < 4.78 is 0. The number of amides is 11. The van der Waals surface area contributed by atoms with E-state index in [0.29, 0.717) is 18.4 Å². The van der Waals surface area contributed by atoms with Crippen molar-refractivity contribution in [2.45, 2.75) is 158 Å². The zero-order chi connectivity index (χ0) is 66.1. The summed E-state index contributed by atoms with van der Waals surface area (Å²) >= 11 is 2.46. The Morgan fingerprint density at radius 1 is 0.448 bits per heavy atom. The van der Waals surface area contributed by atoms with Gasteiger partial charge in [0.15, 0.2) is 0 Å². The number of phenolic OH excluding ortho intramolecular Hbond substituents is 1. The molecule has 0 aliphatic carbocycles. The molecule has 22 N–H and O–H groups in total. The summed E-state index contributed by atoms with van der Waals surface area (Å²) in [5.41, 5.74) is 22.0. The summed E-state index contributed by atoms with van der Waals surface area (Å²) in [6, 6.07) is -11.5. The molecule has 0 radical (unpaired) electrons. The average Bonchev–Trinajstić information content (AvgIpc) is 3.64. The third kappa shape index (κ3) is 30.6. The maximum absolute atomic E-state index is 14.1. The maximum Gasteiger partial charge on any atom is 0.326 e. The number of benzene rings is 1. The van der Waals surface area contributed by atoms with E-state index >= 15 is 0 Å². The van der Waals surface area contributed by atoms with E-state index in [-0.39, 0.29) is 49.5 Å². The lowest BCUT2D eigenvalue weighted by Gasteiger charge is -2.29. The molecule has 1 aromatic carbocycles. The summed E-state index contributed by atoms with van der Waals surface area (Å²) in [5, 5.41) is 69.7. The number of carboxylic acids is 4. The minimum atomic E-state index is -2.05. The molecule has 0 aromatic heterocycles. The molecular weight excluding hydrogens is 1190 g/mol. The van der Waals surface area contributed by atoms with Crippen molar-refractivity contribution in [3.8, 4) is 5.75 Å². The zero-order valence-corrected chi connectivity index (χ0v) is 50.1. The highest BCUT2D eigenvalue weighted by Crippen LogP contribution is 2.15. The first-order valence-corrected chi connectivity index (χ1v) is 30.0. The molecule has 33 nitrogen and oxygen atoms in total. The van der Waals surface area contributed by atoms with Crippen LogP contribution in [0.1, 0.15) is 96.5 Å². The van der Waals surface area contributed by atoms with Crippen LogP contribution in [0.2, 0.25) is 0 Å². The van der Waals surface area contributed by atoms with E-state index in [0.717, 1.165) is 0 Å². The first-order chi connectivity index (χ1) is 40.8. The van der Waals surface area contributed by atoms with E-state index in [1.54, 1.807) is 12.5 Å². The number of carboxylic acid groups (broad SMARTS) is 4. The highest BCUT2D eigenvalue weighted by Gasteiger charge is 2.37. The third-order valence-electron chi connectivity index (χ3n) is 12.7. The van der Waals surface area contributed by atoms with Gasteiger partial charge in [-0.15, -0.1) is 0 Å². The number of hydrogen-bond acceptors (Lipinski definition) is 20. The monoisotopic (exact) mass is 1270 g/mol. The van der Waals surface area contributed by atoms with Gasteiger partial charge in [0.25, 0.3) is 0 Å². The Labute approximate surface area is 508 Å². The fourth-order valence-corrected chi connectivity index (χ4v) is 8.91. The molecule has 0 unspecified atom stereocenters. The quantitative estimate of drug-likeness (QED) is 0.0272. The van der Waals surface area contributed by atoms with Gasteiger partial charge in [-0.05, 0) is 99.1 Å². The molecule has 0 saturated carbocycles. The van der Waals surface area contributed by atoms with Crippen molar-refractivity contribution in [2.24, 2.45) is 28.9 Å². The van der Waals surface area contributed by atoms with Gasteiger partial charge < -0.3 is 96.3 Å². The van der Waals surface area contributed by atoms with Crippen LogP contribution in [0.5, 0.6) is 5.75 Å². The maximum atomic E-state index is 14.1. The number of aliphatic carboxylic acids is 4. The van der Waals surface area contributed by atoms with E-state index in [9.17, 15) is 97.5 Å². The number of carbonyl (C=O) groups excluding carboxylic acids is 11. The lowest BCUT2D eigenvalue weighted by atomic mass is 10.0. The number of thioether (sulfide) groups is 2. The van der Waals surface area contributed by atoms with Crippen molar-refractivity contribution in [1.29, 1.82) is 0 Å². The summed E-state index contributed by atoms with van der Waals surface area (Å²) in [5.74, 6) is -19.0. The van der Waals surface area contributed by atoms with Crippen molar-refractivity contribution < 1.29 is 97.5 Å². The van der Waals surface area contributed by atoms with Crippen LogP contribution in [0.25, 0.3) is 0 Å². The van der Waals surface area contributed by atoms with Crippen molar-refractivity contribution >= 4 is 112 Å². The van der Waals surface area contributed by atoms with E-state index in [1.807, 2.05) is 0 Å². The smallest absolute Gasteiger partial charge is 0.326 e. The van der Waals surface area contributed by atoms with Crippen LogP contribution < -0.4 is 70.8 Å². The fraction of sp³-hybridized carbons (Fsp3) is 0.596. The Morgan fingerprint density at radius 2 is 0.839 bits per heavy atom. The Hall–Kier alpha value is -8.31. The molecular formula is C52H81N13O20S2. The average molecular weight is 1270 g/mol. The second-order valence-corrected chi connectivity index (χ2v) is 22.2. The normalized spacial score (nSPS) is 14.4. The fourth-order valence-electron chi connectivity index (χ4n) is 7.97. The second kappa shape index (κ2) is 40.1. The lowest BCUT2D eigenvalue weighted by Crippen LogP contribution is -2.61. The minimum absolute atomic E-state index is 0.0435. The van der Waals surface area contributed by atoms with Crippen LogP contribution in [-0.2, 0) is 78.3 Å². The van der Waals surface area contributed by atoms with Gasteiger partial charge in [0, 0.05) is 19.3 Å². The number of nitrogens with two attached hydrogens (primary N) is 4. The number of phenols is 1. The lowest BCUT2D eigenvalue weighted by molar-refractivity contribution is -0.143. The highest BCUT2D eigenvalue weighted by molar-refractivity contribution is 7.98. The topological polar surface area (TPSA) is 570 Å². The molecule has 11 amide bonds. The molecule has 1 rings (SSSR count). The second-order valence-electron chi connectivity index (χ2n) is 20.2. The number of rotatable bonds is 44. The van der Waals surface area contributed by atoms with Gasteiger partial charge in [-0.2, -0.15) is 23.5 Å². The van der Waals surface area contributed by atoms with Crippen molar-refractivity contribution in [1.82, 2.24) is 47.9 Å². The van der Waals surface area contributed by atoms with Crippen LogP contribution in [0.3, 0.4) is 0 Å². The van der Waals surface area contributed by atoms with Crippen LogP contribution in [0.15, 0.2) is 24.3 Å². The number of unbranched alkanes of at least 4 members (excludes halogenated alkanes) is 1. The van der Waals surface area contributed by atoms with Crippen molar-refractivity contribution in [3.63, 3.8) is 0 Å². The van der Waals surface area contributed by atoms with Gasteiger partial charge in [-0.1, -0.05) is 26.0 Å². The molecule has 1 aromatic rings. The molecule has 87 heavy (non-hydrogen) atoms. The first kappa shape index (κ1) is 76.7. The largest absolute Gasteiger partial charge is 0.508 e. The molecule has 35 heteroatoms. The van der Waals surface area contributed by atoms with E-state index in [1.165, 1.54) is 61.6 Å². The molecule has 486 valence electrons. The predicted molar refractivity (Wildman–Crippen MR) is 312 cm³/mol. The molecule has 0 spiro atoms. The molecule has 10 atom stereocenters. The van der Waals surface area contributed by atoms with E-state index < -0.39 is 200 Å². The van der Waals surface area contributed by atoms with Crippen LogP contribution >= 0.6 is 23.5 Å². The SMILES string of the molecule is CSCC[C@H](NC(=O)[C@H](CC(=O)O)NC(=O)[C@H](CCC(N)=O)NC(=O)[C@H](CCSC)NC(=O)[C@@H](N)CC(N)=O)C(=O)N[C@H](C(=O)N[C@@H](CCC(=O)O)C(=O)N[C@@H](CC(=O)O)C(=O)N[C@@H](Cc1ccc(O)cc1)C(=O)N[C@@H](CCCCN)C(=O)O)C(C)C. The van der Waals surface area contributed by atoms with Crippen LogP contribution in [0.4, 0.5) is 0 Å². The Morgan fingerprint density at radius 3 is 1.25 bits per heavy atom.